The molecule has 0 aliphatic rings. The number of hydrogen-bond acceptors (Lipinski definition) is 2. The summed E-state index contributed by atoms with van der Waals surface area (Å²) in [6.45, 7) is -0.0301. The van der Waals surface area contributed by atoms with Gasteiger partial charge in [-0.2, -0.15) is 13.2 Å². The van der Waals surface area contributed by atoms with Crippen LogP contribution in [0.15, 0.2) is 12.1 Å². The van der Waals surface area contributed by atoms with Crippen molar-refractivity contribution < 1.29 is 18.0 Å². The third-order valence-corrected chi connectivity index (χ3v) is 3.12. The van der Waals surface area contributed by atoms with Crippen LogP contribution < -0.4 is 5.73 Å². The molecule has 0 atom stereocenters. The summed E-state index contributed by atoms with van der Waals surface area (Å²) in [6.07, 6.45) is -4.48. The van der Waals surface area contributed by atoms with E-state index in [4.69, 9.17) is 28.9 Å². The van der Waals surface area contributed by atoms with Crippen molar-refractivity contribution in [2.75, 3.05) is 18.8 Å². The molecule has 0 aliphatic heterocycles. The Morgan fingerprint density at radius 2 is 1.95 bits per heavy atom. The molecule has 1 amide bonds. The minimum atomic E-state index is -4.48. The van der Waals surface area contributed by atoms with E-state index in [1.165, 1.54) is 19.1 Å². The Labute approximate surface area is 118 Å². The molecule has 106 valence electrons. The number of benzene rings is 1. The highest BCUT2D eigenvalue weighted by Gasteiger charge is 2.33. The Morgan fingerprint density at radius 1 is 1.37 bits per heavy atom. The maximum atomic E-state index is 12.4. The van der Waals surface area contributed by atoms with E-state index in [2.05, 4.69) is 0 Å². The monoisotopic (exact) mass is 314 g/mol. The molecule has 0 heterocycles. The van der Waals surface area contributed by atoms with Crippen LogP contribution in [0.2, 0.25) is 10.0 Å². The molecule has 1 aromatic carbocycles. The van der Waals surface area contributed by atoms with Crippen molar-refractivity contribution in [3.8, 4) is 0 Å². The predicted octanol–water partition coefficient (Wildman–Crippen LogP) is 3.60. The number of halogens is 5. The Bertz CT molecular complexity index is 492. The van der Waals surface area contributed by atoms with Crippen molar-refractivity contribution in [2.45, 2.75) is 13.1 Å². The first-order valence-electron chi connectivity index (χ1n) is 5.26. The van der Waals surface area contributed by atoms with Gasteiger partial charge in [0.15, 0.2) is 0 Å². The van der Waals surface area contributed by atoms with Crippen LogP contribution in [0.1, 0.15) is 17.3 Å². The molecule has 2 N–H and O–H groups in total. The van der Waals surface area contributed by atoms with Gasteiger partial charge in [-0.15, -0.1) is 0 Å². The number of nitrogens with two attached hydrogens (primary N) is 1. The van der Waals surface area contributed by atoms with Gasteiger partial charge in [-0.25, -0.2) is 0 Å². The zero-order valence-corrected chi connectivity index (χ0v) is 11.4. The second-order valence-electron chi connectivity index (χ2n) is 3.80. The largest absolute Gasteiger partial charge is 0.406 e. The Balaban J connectivity index is 3.11. The molecule has 1 aromatic rings. The number of nitrogens with zero attached hydrogens (tertiary/aromatic N) is 1. The van der Waals surface area contributed by atoms with Gasteiger partial charge in [-0.3, -0.25) is 4.79 Å². The molecule has 1 rings (SSSR count). The average Bonchev–Trinajstić information content (AvgIpc) is 2.28. The number of rotatable bonds is 3. The topological polar surface area (TPSA) is 46.3 Å². The lowest BCUT2D eigenvalue weighted by Crippen LogP contribution is -2.38. The van der Waals surface area contributed by atoms with E-state index in [-0.39, 0.29) is 27.8 Å². The van der Waals surface area contributed by atoms with Crippen LogP contribution >= 0.6 is 23.2 Å². The summed E-state index contributed by atoms with van der Waals surface area (Å²) in [5, 5.41) is -0.0884. The molecule has 0 spiro atoms. The maximum absolute atomic E-state index is 12.4. The molecule has 19 heavy (non-hydrogen) atoms. The molecule has 0 unspecified atom stereocenters. The smallest absolute Gasteiger partial charge is 0.399 e. The van der Waals surface area contributed by atoms with Gasteiger partial charge in [0.05, 0.1) is 15.6 Å². The van der Waals surface area contributed by atoms with E-state index in [1.54, 1.807) is 0 Å². The highest BCUT2D eigenvalue weighted by molar-refractivity contribution is 6.44. The zero-order valence-electron chi connectivity index (χ0n) is 9.89. The highest BCUT2D eigenvalue weighted by atomic mass is 35.5. The van der Waals surface area contributed by atoms with Gasteiger partial charge in [-0.1, -0.05) is 23.2 Å². The van der Waals surface area contributed by atoms with Crippen molar-refractivity contribution >= 4 is 34.8 Å². The fourth-order valence-electron chi connectivity index (χ4n) is 1.48. The van der Waals surface area contributed by atoms with E-state index in [1.807, 2.05) is 0 Å². The molecule has 0 radical (unpaired) electrons. The van der Waals surface area contributed by atoms with Crippen molar-refractivity contribution in [1.29, 1.82) is 0 Å². The Hall–Kier alpha value is -1.14. The van der Waals surface area contributed by atoms with Gasteiger partial charge in [0.2, 0.25) is 0 Å². The number of carbonyl (C=O) groups excluding carboxylic acids is 1. The minimum Gasteiger partial charge on any atom is -0.399 e. The molecular weight excluding hydrogens is 304 g/mol. The lowest BCUT2D eigenvalue weighted by Gasteiger charge is -2.23. The molecule has 3 nitrogen and oxygen atoms in total. The number of carbonyl (C=O) groups is 1. The van der Waals surface area contributed by atoms with Crippen LogP contribution in [0.5, 0.6) is 0 Å². The number of anilines is 1. The van der Waals surface area contributed by atoms with Crippen molar-refractivity contribution in [1.82, 2.24) is 4.90 Å². The maximum Gasteiger partial charge on any atom is 0.406 e. The quantitative estimate of drug-likeness (QED) is 0.866. The normalized spacial score (nSPS) is 11.5. The van der Waals surface area contributed by atoms with Gasteiger partial charge in [0.1, 0.15) is 6.54 Å². The number of amides is 1. The number of nitrogen functional groups attached to an aromatic ring is 1. The van der Waals surface area contributed by atoms with Gasteiger partial charge >= 0.3 is 6.18 Å². The first kappa shape index (κ1) is 15.9. The third-order valence-electron chi connectivity index (χ3n) is 2.32. The van der Waals surface area contributed by atoms with Crippen LogP contribution in [0, 0.1) is 0 Å². The van der Waals surface area contributed by atoms with Gasteiger partial charge in [0.25, 0.3) is 5.91 Å². The van der Waals surface area contributed by atoms with E-state index in [9.17, 15) is 18.0 Å². The summed E-state index contributed by atoms with van der Waals surface area (Å²) in [6, 6.07) is 2.52. The van der Waals surface area contributed by atoms with Gasteiger partial charge in [-0.05, 0) is 19.1 Å². The third kappa shape index (κ3) is 4.18. The second-order valence-corrected chi connectivity index (χ2v) is 4.58. The van der Waals surface area contributed by atoms with Crippen molar-refractivity contribution in [3.05, 3.63) is 27.7 Å². The standard InChI is InChI=1S/C11H11Cl2F3N2O/c1-2-18(5-11(14,15)16)10(19)7-3-6(17)4-8(12)9(7)13/h3-4H,2,5,17H2,1H3. The van der Waals surface area contributed by atoms with Crippen LogP contribution in [0.3, 0.4) is 0 Å². The zero-order chi connectivity index (χ0) is 14.8. The molecular formula is C11H11Cl2F3N2O. The van der Waals surface area contributed by atoms with Crippen molar-refractivity contribution in [2.24, 2.45) is 0 Å². The average molecular weight is 315 g/mol. The minimum absolute atomic E-state index is 0.0214. The van der Waals surface area contributed by atoms with Gasteiger partial charge in [0, 0.05) is 12.2 Å². The molecule has 8 heteroatoms. The van der Waals surface area contributed by atoms with Crippen LogP contribution in [0.4, 0.5) is 18.9 Å². The molecule has 0 bridgehead atoms. The Kier molecular flexibility index (Phi) is 4.92. The summed E-state index contributed by atoms with van der Waals surface area (Å²) >= 11 is 11.6. The Morgan fingerprint density at radius 3 is 2.42 bits per heavy atom. The van der Waals surface area contributed by atoms with E-state index < -0.39 is 18.6 Å². The number of alkyl halides is 3. The highest BCUT2D eigenvalue weighted by Crippen LogP contribution is 2.30. The molecule has 0 saturated carbocycles. The van der Waals surface area contributed by atoms with Crippen LogP contribution in [-0.2, 0) is 0 Å². The SMILES string of the molecule is CCN(CC(F)(F)F)C(=O)c1cc(N)cc(Cl)c1Cl. The number of hydrogen-bond donors (Lipinski definition) is 1. The lowest BCUT2D eigenvalue weighted by atomic mass is 10.1. The van der Waals surface area contributed by atoms with Crippen LogP contribution in [0.25, 0.3) is 0 Å². The van der Waals surface area contributed by atoms with Crippen LogP contribution in [-0.4, -0.2) is 30.1 Å². The van der Waals surface area contributed by atoms with E-state index in [0.717, 1.165) is 0 Å². The first-order chi connectivity index (χ1) is 8.65. The predicted molar refractivity (Wildman–Crippen MR) is 68.5 cm³/mol. The van der Waals surface area contributed by atoms with E-state index in [0.29, 0.717) is 4.90 Å². The molecule has 0 aromatic heterocycles. The summed E-state index contributed by atoms with van der Waals surface area (Å²) in [4.78, 5) is 12.6. The summed E-state index contributed by atoms with van der Waals surface area (Å²) in [5.74, 6) is -0.862. The fraction of sp³-hybridized carbons (Fsp3) is 0.364. The molecule has 0 fully saturated rings. The van der Waals surface area contributed by atoms with Crippen molar-refractivity contribution in [3.63, 3.8) is 0 Å². The lowest BCUT2D eigenvalue weighted by molar-refractivity contribution is -0.140. The van der Waals surface area contributed by atoms with E-state index >= 15 is 0 Å². The summed E-state index contributed by atoms with van der Waals surface area (Å²) in [7, 11) is 0. The fourth-order valence-corrected chi connectivity index (χ4v) is 1.90. The summed E-state index contributed by atoms with van der Waals surface area (Å²) < 4.78 is 37.1. The van der Waals surface area contributed by atoms with Gasteiger partial charge < -0.3 is 10.6 Å². The second kappa shape index (κ2) is 5.88. The molecule has 0 saturated heterocycles. The first-order valence-corrected chi connectivity index (χ1v) is 6.02. The summed E-state index contributed by atoms with van der Waals surface area (Å²) in [5.41, 5.74) is 5.51. The molecule has 0 aliphatic carbocycles.